The minimum atomic E-state index is -0.546. The van der Waals surface area contributed by atoms with Crippen molar-refractivity contribution >= 4 is 6.09 Å². The van der Waals surface area contributed by atoms with E-state index in [1.54, 1.807) is 11.0 Å². The fourth-order valence-corrected chi connectivity index (χ4v) is 2.82. The van der Waals surface area contributed by atoms with E-state index in [4.69, 9.17) is 14.7 Å². The van der Waals surface area contributed by atoms with Crippen molar-refractivity contribution in [3.63, 3.8) is 0 Å². The molecule has 1 heterocycles. The summed E-state index contributed by atoms with van der Waals surface area (Å²) in [5, 5.41) is 8.84. The number of piperidine rings is 1. The van der Waals surface area contributed by atoms with Crippen LogP contribution in [0.1, 0.15) is 45.6 Å². The molecule has 0 N–H and O–H groups in total. The van der Waals surface area contributed by atoms with E-state index >= 15 is 0 Å². The van der Waals surface area contributed by atoms with E-state index in [0.29, 0.717) is 24.8 Å². The number of carbonyl (C=O) groups excluding carboxylic acids is 1. The SMILES string of the molecule is CC(C)(C)OC(=O)N1CCCC(CCOc2ccc(F)c(C#N)c2)C1. The van der Waals surface area contributed by atoms with Crippen LogP contribution in [0.5, 0.6) is 5.75 Å². The molecule has 1 aliphatic heterocycles. The first-order chi connectivity index (χ1) is 11.8. The molecule has 25 heavy (non-hydrogen) atoms. The number of halogens is 1. The normalized spacial score (nSPS) is 17.7. The minimum Gasteiger partial charge on any atom is -0.494 e. The van der Waals surface area contributed by atoms with E-state index in [-0.39, 0.29) is 11.7 Å². The highest BCUT2D eigenvalue weighted by molar-refractivity contribution is 5.68. The van der Waals surface area contributed by atoms with Crippen molar-refractivity contribution in [2.45, 2.75) is 45.6 Å². The van der Waals surface area contributed by atoms with Crippen molar-refractivity contribution in [2.75, 3.05) is 19.7 Å². The summed E-state index contributed by atoms with van der Waals surface area (Å²) in [7, 11) is 0. The van der Waals surface area contributed by atoms with Crippen molar-refractivity contribution in [3.8, 4) is 11.8 Å². The smallest absolute Gasteiger partial charge is 0.410 e. The van der Waals surface area contributed by atoms with Crippen LogP contribution in [0.2, 0.25) is 0 Å². The van der Waals surface area contributed by atoms with E-state index in [0.717, 1.165) is 25.8 Å². The topological polar surface area (TPSA) is 62.6 Å². The second-order valence-corrected chi connectivity index (χ2v) is 7.33. The van der Waals surface area contributed by atoms with Crippen molar-refractivity contribution in [1.29, 1.82) is 5.26 Å². The largest absolute Gasteiger partial charge is 0.494 e. The Kier molecular flexibility index (Phi) is 6.24. The lowest BCUT2D eigenvalue weighted by atomic mass is 9.95. The number of hydrogen-bond donors (Lipinski definition) is 0. The second kappa shape index (κ2) is 8.19. The highest BCUT2D eigenvalue weighted by Crippen LogP contribution is 2.23. The van der Waals surface area contributed by atoms with Gasteiger partial charge in [-0.25, -0.2) is 9.18 Å². The van der Waals surface area contributed by atoms with Gasteiger partial charge in [-0.15, -0.1) is 0 Å². The molecule has 0 radical (unpaired) electrons. The Balaban J connectivity index is 1.81. The summed E-state index contributed by atoms with van der Waals surface area (Å²) >= 11 is 0. The molecule has 1 aromatic rings. The van der Waals surface area contributed by atoms with Crippen LogP contribution in [0.25, 0.3) is 0 Å². The van der Waals surface area contributed by atoms with Crippen molar-refractivity contribution in [3.05, 3.63) is 29.6 Å². The van der Waals surface area contributed by atoms with Crippen LogP contribution >= 0.6 is 0 Å². The average Bonchev–Trinajstić information content (AvgIpc) is 2.55. The van der Waals surface area contributed by atoms with Crippen LogP contribution < -0.4 is 4.74 Å². The standard InChI is InChI=1S/C19H25FN2O3/c1-19(2,3)25-18(23)22-9-4-5-14(13-22)8-10-24-16-6-7-17(20)15(11-16)12-21/h6-7,11,14H,4-5,8-10,13H2,1-3H3. The monoisotopic (exact) mass is 348 g/mol. The van der Waals surface area contributed by atoms with Crippen LogP contribution in [-0.2, 0) is 4.74 Å². The molecule has 0 aliphatic carbocycles. The lowest BCUT2D eigenvalue weighted by Crippen LogP contribution is -2.43. The zero-order valence-corrected chi connectivity index (χ0v) is 15.0. The fraction of sp³-hybridized carbons (Fsp3) is 0.579. The Bertz CT molecular complexity index is 649. The average molecular weight is 348 g/mol. The van der Waals surface area contributed by atoms with Gasteiger partial charge in [-0.1, -0.05) is 0 Å². The predicted molar refractivity (Wildman–Crippen MR) is 91.8 cm³/mol. The second-order valence-electron chi connectivity index (χ2n) is 7.33. The molecule has 0 spiro atoms. The van der Waals surface area contributed by atoms with Gasteiger partial charge in [-0.05, 0) is 58.1 Å². The molecule has 0 aromatic heterocycles. The maximum absolute atomic E-state index is 13.3. The van der Waals surface area contributed by atoms with Crippen molar-refractivity contribution < 1.29 is 18.7 Å². The Morgan fingerprint density at radius 2 is 2.20 bits per heavy atom. The van der Waals surface area contributed by atoms with Crippen LogP contribution in [0.4, 0.5) is 9.18 Å². The number of hydrogen-bond acceptors (Lipinski definition) is 4. The van der Waals surface area contributed by atoms with Gasteiger partial charge in [0.25, 0.3) is 0 Å². The maximum atomic E-state index is 13.3. The van der Waals surface area contributed by atoms with Crippen LogP contribution in [0, 0.1) is 23.1 Å². The van der Waals surface area contributed by atoms with Gasteiger partial charge in [-0.2, -0.15) is 5.26 Å². The molecule has 1 saturated heterocycles. The van der Waals surface area contributed by atoms with E-state index in [1.807, 2.05) is 20.8 Å². The molecule has 136 valence electrons. The molecule has 5 nitrogen and oxygen atoms in total. The summed E-state index contributed by atoms with van der Waals surface area (Å²) in [5.41, 5.74) is -0.514. The van der Waals surface area contributed by atoms with Crippen molar-refractivity contribution in [2.24, 2.45) is 5.92 Å². The molecular formula is C19H25FN2O3. The van der Waals surface area contributed by atoms with E-state index in [9.17, 15) is 9.18 Å². The fourth-order valence-electron chi connectivity index (χ4n) is 2.82. The molecule has 1 fully saturated rings. The van der Waals surface area contributed by atoms with Gasteiger partial charge in [0.2, 0.25) is 0 Å². The first-order valence-electron chi connectivity index (χ1n) is 8.59. The first kappa shape index (κ1) is 19.0. The first-order valence-corrected chi connectivity index (χ1v) is 8.59. The van der Waals surface area contributed by atoms with Crippen LogP contribution in [0.15, 0.2) is 18.2 Å². The van der Waals surface area contributed by atoms with Gasteiger partial charge in [-0.3, -0.25) is 0 Å². The molecule has 0 saturated carbocycles. The maximum Gasteiger partial charge on any atom is 0.410 e. The lowest BCUT2D eigenvalue weighted by molar-refractivity contribution is 0.0154. The Labute approximate surface area is 148 Å². The van der Waals surface area contributed by atoms with Gasteiger partial charge in [0.15, 0.2) is 0 Å². The summed E-state index contributed by atoms with van der Waals surface area (Å²) in [6, 6.07) is 5.96. The van der Waals surface area contributed by atoms with Crippen LogP contribution in [0.3, 0.4) is 0 Å². The minimum absolute atomic E-state index is 0.0220. The van der Waals surface area contributed by atoms with Gasteiger partial charge >= 0.3 is 6.09 Å². The third-order valence-corrected chi connectivity index (χ3v) is 4.02. The molecule has 1 aromatic carbocycles. The summed E-state index contributed by atoms with van der Waals surface area (Å²) in [6.07, 6.45) is 2.50. The van der Waals surface area contributed by atoms with Gasteiger partial charge < -0.3 is 14.4 Å². The molecule has 1 aliphatic rings. The van der Waals surface area contributed by atoms with Crippen LogP contribution in [-0.4, -0.2) is 36.3 Å². The number of benzene rings is 1. The number of carbonyl (C=O) groups is 1. The Hall–Kier alpha value is -2.29. The molecule has 6 heteroatoms. The number of likely N-dealkylation sites (tertiary alicyclic amines) is 1. The Morgan fingerprint density at radius 3 is 2.88 bits per heavy atom. The summed E-state index contributed by atoms with van der Waals surface area (Å²) in [4.78, 5) is 13.9. The highest BCUT2D eigenvalue weighted by atomic mass is 19.1. The zero-order chi connectivity index (χ0) is 18.4. The molecule has 1 unspecified atom stereocenters. The molecular weight excluding hydrogens is 323 g/mol. The highest BCUT2D eigenvalue weighted by Gasteiger charge is 2.27. The van der Waals surface area contributed by atoms with Gasteiger partial charge in [0.1, 0.15) is 23.2 Å². The van der Waals surface area contributed by atoms with Crippen molar-refractivity contribution in [1.82, 2.24) is 4.90 Å². The van der Waals surface area contributed by atoms with E-state index in [1.165, 1.54) is 18.2 Å². The number of amides is 1. The predicted octanol–water partition coefficient (Wildman–Crippen LogP) is 4.11. The third kappa shape index (κ3) is 5.93. The van der Waals surface area contributed by atoms with Gasteiger partial charge in [0, 0.05) is 19.2 Å². The Morgan fingerprint density at radius 1 is 1.44 bits per heavy atom. The lowest BCUT2D eigenvalue weighted by Gasteiger charge is -2.34. The summed E-state index contributed by atoms with van der Waals surface area (Å²) in [5.74, 6) is 0.282. The van der Waals surface area contributed by atoms with E-state index in [2.05, 4.69) is 0 Å². The molecule has 1 amide bonds. The molecule has 0 bridgehead atoms. The summed E-state index contributed by atoms with van der Waals surface area (Å²) < 4.78 is 24.3. The molecule has 1 atom stereocenters. The quantitative estimate of drug-likeness (QED) is 0.821. The number of nitrogens with zero attached hydrogens (tertiary/aromatic N) is 2. The zero-order valence-electron chi connectivity index (χ0n) is 15.0. The third-order valence-electron chi connectivity index (χ3n) is 4.02. The number of ether oxygens (including phenoxy) is 2. The summed E-state index contributed by atoms with van der Waals surface area (Å²) in [6.45, 7) is 7.42. The number of nitriles is 1. The van der Waals surface area contributed by atoms with E-state index < -0.39 is 11.4 Å². The molecule has 2 rings (SSSR count). The number of rotatable bonds is 4. The van der Waals surface area contributed by atoms with Gasteiger partial charge in [0.05, 0.1) is 12.2 Å².